The van der Waals surface area contributed by atoms with Gasteiger partial charge < -0.3 is 11.1 Å². The van der Waals surface area contributed by atoms with Crippen LogP contribution >= 0.6 is 25.0 Å². The van der Waals surface area contributed by atoms with Gasteiger partial charge in [0.05, 0.1) is 0 Å². The van der Waals surface area contributed by atoms with Crippen LogP contribution in [0.25, 0.3) is 16.0 Å². The molecule has 0 heterocycles. The van der Waals surface area contributed by atoms with Gasteiger partial charge >= 0.3 is 51.6 Å². The number of benzene rings is 6. The first-order chi connectivity index (χ1) is 21.3. The molecule has 6 rings (SSSR count). The Bertz CT molecular complexity index is 1300. The molecule has 0 unspecified atom stereocenters. The van der Waals surface area contributed by atoms with E-state index >= 15 is 0 Å². The molecule has 0 aliphatic heterocycles. The van der Waals surface area contributed by atoms with E-state index in [2.05, 4.69) is 191 Å². The number of hydrogen-bond donors (Lipinski definition) is 0. The third-order valence-electron chi connectivity index (χ3n) is 6.09. The fourth-order valence-corrected chi connectivity index (χ4v) is 8.97. The molecule has 0 saturated carbocycles. The molecule has 0 spiro atoms. The Labute approximate surface area is 318 Å². The minimum absolute atomic E-state index is 0. The number of nitrogens with zero attached hydrogens (tertiary/aromatic N) is 3. The summed E-state index contributed by atoms with van der Waals surface area (Å²) in [5.74, 6) is 0. The summed E-state index contributed by atoms with van der Waals surface area (Å²) in [6.07, 6.45) is 0. The van der Waals surface area contributed by atoms with Crippen LogP contribution < -0.4 is 31.8 Å². The first-order valence-corrected chi connectivity index (χ1v) is 18.7. The third-order valence-corrected chi connectivity index (χ3v) is 11.0. The molecule has 0 N–H and O–H groups in total. The fourth-order valence-electron chi connectivity index (χ4n) is 4.36. The summed E-state index contributed by atoms with van der Waals surface area (Å²) >= 11 is 1.75. The molecule has 0 saturated heterocycles. The third kappa shape index (κ3) is 15.4. The largest absolute Gasteiger partial charge is 0.373 e. The van der Waals surface area contributed by atoms with Crippen molar-refractivity contribution in [1.29, 1.82) is 0 Å². The second-order valence-corrected chi connectivity index (χ2v) is 13.2. The molecular weight excluding hydrogens is 1000 g/mol. The van der Waals surface area contributed by atoms with Gasteiger partial charge in [0, 0.05) is 1.43 Å². The van der Waals surface area contributed by atoms with E-state index in [-0.39, 0.29) is 46.1 Å². The van der Waals surface area contributed by atoms with Gasteiger partial charge in [-0.25, -0.2) is 0 Å². The molecule has 0 atom stereocenters. The molecule has 0 fully saturated rings. The van der Waals surface area contributed by atoms with Crippen molar-refractivity contribution in [2.45, 2.75) is 22.3 Å². The summed E-state index contributed by atoms with van der Waals surface area (Å²) in [6.45, 7) is 0. The topological polar surface area (TPSA) is 58.7 Å². The Hall–Kier alpha value is -2.74. The maximum absolute atomic E-state index is 6.75. The zero-order valence-corrected chi connectivity index (χ0v) is 30.4. The van der Waals surface area contributed by atoms with E-state index in [1.54, 1.807) is 20.0 Å². The SMILES string of the molecule is C.C.C.[2HH].[Au+].[Cl][Au].[N-]=[N+]=[N-].c1ccc(P(c2ccccc2)c2ccccc2)cc1.c1ccc(P(c2ccccc2)c2ccccc2)cc1. The molecule has 6 aromatic rings. The molecule has 0 aliphatic rings. The average molecular weight is 1050 g/mol. The summed E-state index contributed by atoms with van der Waals surface area (Å²) in [7, 11) is 3.69. The van der Waals surface area contributed by atoms with Gasteiger partial charge in [-0.3, -0.25) is 4.91 Å². The van der Waals surface area contributed by atoms with Crippen LogP contribution in [0.3, 0.4) is 0 Å². The van der Waals surface area contributed by atoms with Gasteiger partial charge in [-0.2, -0.15) is 0 Å². The van der Waals surface area contributed by atoms with Gasteiger partial charge in [-0.15, -0.1) is 0 Å². The molecule has 8 heteroatoms. The maximum atomic E-state index is 6.75. The minimum Gasteiger partial charge on any atom is -0.373 e. The van der Waals surface area contributed by atoms with E-state index in [0.29, 0.717) is 0 Å². The summed E-state index contributed by atoms with van der Waals surface area (Å²) in [5.41, 5.74) is 13.5. The number of rotatable bonds is 6. The minimum atomic E-state index is -0.446. The molecule has 0 amide bonds. The van der Waals surface area contributed by atoms with E-state index in [9.17, 15) is 0 Å². The molecule has 254 valence electrons. The van der Waals surface area contributed by atoms with Crippen LogP contribution in [0, 0.1) is 0 Å². The first-order valence-electron chi connectivity index (χ1n) is 13.3. The van der Waals surface area contributed by atoms with Crippen molar-refractivity contribution in [3.63, 3.8) is 0 Å². The maximum Gasteiger partial charge on any atom is -0.0134 e. The van der Waals surface area contributed by atoms with Crippen LogP contribution in [0.2, 0.25) is 0 Å². The van der Waals surface area contributed by atoms with Crippen molar-refractivity contribution in [2.24, 2.45) is 0 Å². The van der Waals surface area contributed by atoms with Gasteiger partial charge in [-0.1, -0.05) is 204 Å². The van der Waals surface area contributed by atoms with Gasteiger partial charge in [-0.05, 0) is 47.7 Å². The summed E-state index contributed by atoms with van der Waals surface area (Å²) in [4.78, 5) is 1.50. The summed E-state index contributed by atoms with van der Waals surface area (Å²) < 4.78 is 0. The average Bonchev–Trinajstić information content (AvgIpc) is 3.10. The molecule has 0 bridgehead atoms. The first kappa shape index (κ1) is 46.4. The van der Waals surface area contributed by atoms with E-state index in [1.807, 2.05) is 0 Å². The van der Waals surface area contributed by atoms with Gasteiger partial charge in [0.2, 0.25) is 0 Å². The quantitative estimate of drug-likeness (QED) is 0.0525. The number of hydrogen-bond acceptors (Lipinski definition) is 0. The van der Waals surface area contributed by atoms with E-state index in [1.165, 1.54) is 36.7 Å². The van der Waals surface area contributed by atoms with E-state index in [0.717, 1.165) is 0 Å². The molecule has 0 radical (unpaired) electrons. The van der Waals surface area contributed by atoms with E-state index < -0.39 is 15.8 Å². The van der Waals surface area contributed by atoms with Crippen molar-refractivity contribution in [3.8, 4) is 0 Å². The van der Waals surface area contributed by atoms with Gasteiger partial charge in [0.1, 0.15) is 0 Å². The van der Waals surface area contributed by atoms with Crippen LogP contribution in [0.5, 0.6) is 0 Å². The van der Waals surface area contributed by atoms with E-state index in [4.69, 9.17) is 11.1 Å². The predicted octanol–water partition coefficient (Wildman–Crippen LogP) is 10.6. The van der Waals surface area contributed by atoms with Crippen molar-refractivity contribution < 1.29 is 43.8 Å². The zero-order chi connectivity index (χ0) is 30.5. The molecule has 3 nitrogen and oxygen atoms in total. The smallest absolute Gasteiger partial charge is 0.0134 e. The van der Waals surface area contributed by atoms with Crippen molar-refractivity contribution >= 4 is 56.9 Å². The Balaban J connectivity index is -0.000000682. The molecule has 0 aliphatic carbocycles. The zero-order valence-electron chi connectivity index (χ0n) is 23.5. The van der Waals surface area contributed by atoms with Crippen LogP contribution in [-0.4, -0.2) is 0 Å². The second kappa shape index (κ2) is 28.3. The van der Waals surface area contributed by atoms with Crippen molar-refractivity contribution in [1.82, 2.24) is 0 Å². The molecule has 6 aromatic carbocycles. The molecule has 0 aromatic heterocycles. The van der Waals surface area contributed by atoms with Crippen LogP contribution in [0.1, 0.15) is 23.7 Å². The van der Waals surface area contributed by atoms with Crippen LogP contribution in [-0.2, 0) is 42.4 Å². The standard InChI is InChI=1S/2C18H15P.3CH4.2Au.ClH.N3.H2/c2*1-4-10-16(11-5-1)19(17-12-6-2-7-13-17)18-14-8-3-9-15-18;;;;;;;1-3-2;/h2*1-15H;3*1H4;;;1H;;1H/q;;;;;2*+1;;-1;/p-1/i;;;;;;;;;1+1. The molecule has 47 heavy (non-hydrogen) atoms. The monoisotopic (exact) mass is 1050 g/mol. The second-order valence-electron chi connectivity index (χ2n) is 8.77. The van der Waals surface area contributed by atoms with Crippen molar-refractivity contribution in [3.05, 3.63) is 198 Å². The normalized spacial score (nSPS) is 8.87. The predicted molar refractivity (Wildman–Crippen MR) is 209 cm³/mol. The van der Waals surface area contributed by atoms with Crippen LogP contribution in [0.15, 0.2) is 182 Å². The van der Waals surface area contributed by atoms with Gasteiger partial charge in [0.15, 0.2) is 0 Å². The Morgan fingerprint density at radius 1 is 0.362 bits per heavy atom. The Morgan fingerprint density at radius 3 is 0.574 bits per heavy atom. The van der Waals surface area contributed by atoms with Crippen LogP contribution in [0.4, 0.5) is 0 Å². The Kier molecular flexibility index (Phi) is 27.9. The Morgan fingerprint density at radius 2 is 0.468 bits per heavy atom. The fraction of sp³-hybridized carbons (Fsp3) is 0.0769. The van der Waals surface area contributed by atoms with Gasteiger partial charge in [0.25, 0.3) is 0 Å². The summed E-state index contributed by atoms with van der Waals surface area (Å²) in [5, 5.41) is 8.39. The molecular formula is C39H44Au2ClN3P2. The summed E-state index contributed by atoms with van der Waals surface area (Å²) in [6, 6.07) is 64.7. The van der Waals surface area contributed by atoms with Crippen molar-refractivity contribution in [2.75, 3.05) is 0 Å². The number of halogens is 1.